The smallest absolute Gasteiger partial charge is 0.0239 e. The molecule has 1 rings (SSSR count). The van der Waals surface area contributed by atoms with Gasteiger partial charge in [0.15, 0.2) is 0 Å². The largest absolute Gasteiger partial charge is 0.0839 e. The van der Waals surface area contributed by atoms with Gasteiger partial charge in [-0.2, -0.15) is 0 Å². The van der Waals surface area contributed by atoms with Gasteiger partial charge in [0.05, 0.1) is 0 Å². The fourth-order valence-corrected chi connectivity index (χ4v) is 1.57. The molecular formula is C12H18. The molecule has 0 aromatic heterocycles. The summed E-state index contributed by atoms with van der Waals surface area (Å²) in [6.07, 6.45) is 6.93. The molecule has 0 aromatic rings. The average Bonchev–Trinajstić information content (AvgIpc) is 2.04. The molecule has 0 heterocycles. The van der Waals surface area contributed by atoms with E-state index in [2.05, 4.69) is 39.8 Å². The number of allylic oxidation sites excluding steroid dienone is 6. The quantitative estimate of drug-likeness (QED) is 0.546. The van der Waals surface area contributed by atoms with Crippen molar-refractivity contribution in [2.24, 2.45) is 0 Å². The van der Waals surface area contributed by atoms with Gasteiger partial charge in [0, 0.05) is 0 Å². The van der Waals surface area contributed by atoms with E-state index in [0.29, 0.717) is 0 Å². The summed E-state index contributed by atoms with van der Waals surface area (Å²) in [5.74, 6) is 0. The summed E-state index contributed by atoms with van der Waals surface area (Å²) in [4.78, 5) is 0. The summed E-state index contributed by atoms with van der Waals surface area (Å²) >= 11 is 0. The molecule has 12 heavy (non-hydrogen) atoms. The number of hydrogen-bond donors (Lipinski definition) is 0. The summed E-state index contributed by atoms with van der Waals surface area (Å²) in [5, 5.41) is 0. The Morgan fingerprint density at radius 2 is 1.92 bits per heavy atom. The summed E-state index contributed by atoms with van der Waals surface area (Å²) in [7, 11) is 0. The SMILES string of the molecule is CC(C)=C(C)C1=C(C)C=CCC1. The maximum atomic E-state index is 2.26. The van der Waals surface area contributed by atoms with Crippen LogP contribution in [0.25, 0.3) is 0 Å². The normalized spacial score (nSPS) is 16.7. The van der Waals surface area contributed by atoms with E-state index in [1.807, 2.05) is 0 Å². The molecule has 0 atom stereocenters. The van der Waals surface area contributed by atoms with Crippen LogP contribution < -0.4 is 0 Å². The molecule has 0 saturated heterocycles. The molecule has 0 aliphatic heterocycles. The molecule has 0 fully saturated rings. The van der Waals surface area contributed by atoms with Crippen LogP contribution in [0, 0.1) is 0 Å². The summed E-state index contributed by atoms with van der Waals surface area (Å²) in [6.45, 7) is 8.81. The van der Waals surface area contributed by atoms with Crippen molar-refractivity contribution in [2.75, 3.05) is 0 Å². The van der Waals surface area contributed by atoms with E-state index in [-0.39, 0.29) is 0 Å². The van der Waals surface area contributed by atoms with Gasteiger partial charge in [-0.3, -0.25) is 0 Å². The Morgan fingerprint density at radius 3 is 2.42 bits per heavy atom. The number of rotatable bonds is 1. The van der Waals surface area contributed by atoms with Gasteiger partial charge in [-0.1, -0.05) is 17.7 Å². The van der Waals surface area contributed by atoms with Gasteiger partial charge in [-0.25, -0.2) is 0 Å². The first kappa shape index (κ1) is 9.31. The van der Waals surface area contributed by atoms with Crippen molar-refractivity contribution in [1.82, 2.24) is 0 Å². The first-order valence-corrected chi connectivity index (χ1v) is 4.63. The van der Waals surface area contributed by atoms with Crippen LogP contribution in [0.15, 0.2) is 34.4 Å². The lowest BCUT2D eigenvalue weighted by molar-refractivity contribution is 0.938. The minimum absolute atomic E-state index is 1.21. The van der Waals surface area contributed by atoms with Crippen molar-refractivity contribution < 1.29 is 0 Å². The van der Waals surface area contributed by atoms with Crippen LogP contribution >= 0.6 is 0 Å². The molecule has 0 nitrogen and oxygen atoms in total. The van der Waals surface area contributed by atoms with E-state index >= 15 is 0 Å². The van der Waals surface area contributed by atoms with Gasteiger partial charge in [-0.15, -0.1) is 0 Å². The summed E-state index contributed by atoms with van der Waals surface area (Å²) in [5.41, 5.74) is 5.92. The molecule has 0 bridgehead atoms. The highest BCUT2D eigenvalue weighted by Gasteiger charge is 2.06. The molecular weight excluding hydrogens is 144 g/mol. The van der Waals surface area contributed by atoms with Crippen LogP contribution in [-0.4, -0.2) is 0 Å². The predicted octanol–water partition coefficient (Wildman–Crippen LogP) is 4.01. The van der Waals surface area contributed by atoms with Gasteiger partial charge < -0.3 is 0 Å². The van der Waals surface area contributed by atoms with Crippen molar-refractivity contribution in [3.63, 3.8) is 0 Å². The maximum Gasteiger partial charge on any atom is -0.0239 e. The van der Waals surface area contributed by atoms with Gasteiger partial charge in [-0.05, 0) is 57.3 Å². The molecule has 0 amide bonds. The molecule has 0 radical (unpaired) electrons. The van der Waals surface area contributed by atoms with Gasteiger partial charge in [0.2, 0.25) is 0 Å². The Labute approximate surface area is 75.7 Å². The van der Waals surface area contributed by atoms with Crippen LogP contribution in [0.2, 0.25) is 0 Å². The van der Waals surface area contributed by atoms with Crippen molar-refractivity contribution in [3.05, 3.63) is 34.4 Å². The minimum Gasteiger partial charge on any atom is -0.0839 e. The molecule has 1 aliphatic carbocycles. The molecule has 0 aromatic carbocycles. The zero-order valence-electron chi connectivity index (χ0n) is 8.57. The third kappa shape index (κ3) is 1.88. The molecule has 0 N–H and O–H groups in total. The Hall–Kier alpha value is -0.780. The Bertz CT molecular complexity index is 252. The first-order valence-electron chi connectivity index (χ1n) is 4.63. The molecule has 0 unspecified atom stereocenters. The van der Waals surface area contributed by atoms with Crippen LogP contribution in [0.4, 0.5) is 0 Å². The minimum atomic E-state index is 1.21. The van der Waals surface area contributed by atoms with Crippen LogP contribution in [0.3, 0.4) is 0 Å². The standard InChI is InChI=1S/C12H18/c1-9(2)11(4)12-8-6-5-7-10(12)3/h5,7H,6,8H2,1-4H3. The monoisotopic (exact) mass is 162 g/mol. The van der Waals surface area contributed by atoms with E-state index in [9.17, 15) is 0 Å². The van der Waals surface area contributed by atoms with Gasteiger partial charge >= 0.3 is 0 Å². The first-order chi connectivity index (χ1) is 5.63. The summed E-state index contributed by atoms with van der Waals surface area (Å²) < 4.78 is 0. The zero-order chi connectivity index (χ0) is 9.14. The van der Waals surface area contributed by atoms with Crippen molar-refractivity contribution in [3.8, 4) is 0 Å². The Balaban J connectivity index is 3.02. The molecule has 1 aliphatic rings. The lowest BCUT2D eigenvalue weighted by atomic mass is 9.91. The maximum absolute atomic E-state index is 2.26. The molecule has 0 spiro atoms. The van der Waals surface area contributed by atoms with E-state index in [0.717, 1.165) is 0 Å². The second-order valence-corrected chi connectivity index (χ2v) is 3.73. The van der Waals surface area contributed by atoms with Crippen LogP contribution in [-0.2, 0) is 0 Å². The summed E-state index contributed by atoms with van der Waals surface area (Å²) in [6, 6.07) is 0. The molecule has 66 valence electrons. The van der Waals surface area contributed by atoms with Crippen molar-refractivity contribution in [2.45, 2.75) is 40.5 Å². The van der Waals surface area contributed by atoms with Crippen LogP contribution in [0.5, 0.6) is 0 Å². The van der Waals surface area contributed by atoms with Crippen LogP contribution in [0.1, 0.15) is 40.5 Å². The Kier molecular flexibility index (Phi) is 2.91. The van der Waals surface area contributed by atoms with E-state index in [4.69, 9.17) is 0 Å². The van der Waals surface area contributed by atoms with Crippen molar-refractivity contribution in [1.29, 1.82) is 0 Å². The van der Waals surface area contributed by atoms with Gasteiger partial charge in [0.1, 0.15) is 0 Å². The lowest BCUT2D eigenvalue weighted by Crippen LogP contribution is -1.95. The fraction of sp³-hybridized carbons (Fsp3) is 0.500. The lowest BCUT2D eigenvalue weighted by Gasteiger charge is -2.15. The van der Waals surface area contributed by atoms with E-state index in [1.165, 1.54) is 29.6 Å². The van der Waals surface area contributed by atoms with Gasteiger partial charge in [0.25, 0.3) is 0 Å². The number of hydrogen-bond acceptors (Lipinski definition) is 0. The highest BCUT2D eigenvalue weighted by Crippen LogP contribution is 2.26. The highest BCUT2D eigenvalue weighted by molar-refractivity contribution is 5.41. The third-order valence-corrected chi connectivity index (χ3v) is 2.61. The zero-order valence-corrected chi connectivity index (χ0v) is 8.57. The van der Waals surface area contributed by atoms with Crippen molar-refractivity contribution >= 4 is 0 Å². The predicted molar refractivity (Wildman–Crippen MR) is 55.1 cm³/mol. The highest BCUT2D eigenvalue weighted by atomic mass is 14.1. The average molecular weight is 162 g/mol. The second-order valence-electron chi connectivity index (χ2n) is 3.73. The molecule has 0 heteroatoms. The topological polar surface area (TPSA) is 0 Å². The second kappa shape index (κ2) is 3.75. The molecule has 0 saturated carbocycles. The Morgan fingerprint density at radius 1 is 1.25 bits per heavy atom. The fourth-order valence-electron chi connectivity index (χ4n) is 1.57. The van der Waals surface area contributed by atoms with E-state index < -0.39 is 0 Å². The van der Waals surface area contributed by atoms with E-state index in [1.54, 1.807) is 5.57 Å². The third-order valence-electron chi connectivity index (χ3n) is 2.61.